The van der Waals surface area contributed by atoms with Crippen molar-refractivity contribution in [1.29, 1.82) is 0 Å². The van der Waals surface area contributed by atoms with E-state index in [0.29, 0.717) is 4.47 Å². The number of anilines is 1. The number of nitrogens with zero attached hydrogens (tertiary/aromatic N) is 2. The van der Waals surface area contributed by atoms with Crippen LogP contribution in [0.5, 0.6) is 0 Å². The summed E-state index contributed by atoms with van der Waals surface area (Å²) in [7, 11) is 0. The predicted octanol–water partition coefficient (Wildman–Crippen LogP) is 1.98. The first-order valence-electron chi connectivity index (χ1n) is 5.37. The summed E-state index contributed by atoms with van der Waals surface area (Å²) in [4.78, 5) is 22.9. The normalized spacial score (nSPS) is 10.2. The van der Waals surface area contributed by atoms with E-state index in [1.54, 1.807) is 30.6 Å². The van der Waals surface area contributed by atoms with E-state index in [1.165, 1.54) is 10.7 Å². The number of carbonyl (C=O) groups excluding carboxylic acids is 1. The molecule has 0 bridgehead atoms. The topological polar surface area (TPSA) is 84.2 Å². The molecule has 0 fully saturated rings. The lowest BCUT2D eigenvalue weighted by Crippen LogP contribution is -2.20. The molecule has 0 saturated carbocycles. The van der Waals surface area contributed by atoms with E-state index < -0.39 is 5.97 Å². The number of benzene rings is 1. The number of carboxylic acids is 1. The van der Waals surface area contributed by atoms with Gasteiger partial charge >= 0.3 is 5.97 Å². The van der Waals surface area contributed by atoms with Crippen LogP contribution in [0.25, 0.3) is 0 Å². The van der Waals surface area contributed by atoms with Gasteiger partial charge in [-0.3, -0.25) is 9.48 Å². The molecule has 2 rings (SSSR count). The Kier molecular flexibility index (Phi) is 3.96. The summed E-state index contributed by atoms with van der Waals surface area (Å²) in [6.07, 6.45) is 3.21. The van der Waals surface area contributed by atoms with E-state index in [1.807, 2.05) is 0 Å². The Morgan fingerprint density at radius 1 is 1.37 bits per heavy atom. The molecule has 0 spiro atoms. The molecular formula is C12H10BrN3O3. The van der Waals surface area contributed by atoms with Crippen molar-refractivity contribution in [3.8, 4) is 0 Å². The zero-order valence-corrected chi connectivity index (χ0v) is 11.3. The van der Waals surface area contributed by atoms with Crippen molar-refractivity contribution in [2.75, 3.05) is 5.32 Å². The second-order valence-corrected chi connectivity index (χ2v) is 4.57. The van der Waals surface area contributed by atoms with Gasteiger partial charge in [-0.25, -0.2) is 4.79 Å². The van der Waals surface area contributed by atoms with Crippen molar-refractivity contribution in [3.63, 3.8) is 0 Å². The quantitative estimate of drug-likeness (QED) is 0.901. The van der Waals surface area contributed by atoms with Gasteiger partial charge < -0.3 is 10.4 Å². The summed E-state index contributed by atoms with van der Waals surface area (Å²) >= 11 is 3.22. The van der Waals surface area contributed by atoms with Crippen LogP contribution in [0.1, 0.15) is 10.4 Å². The minimum absolute atomic E-state index is 0.0212. The van der Waals surface area contributed by atoms with Crippen LogP contribution in [0.15, 0.2) is 41.1 Å². The van der Waals surface area contributed by atoms with E-state index in [0.717, 1.165) is 0 Å². The molecule has 0 aliphatic carbocycles. The molecule has 0 atom stereocenters. The number of nitrogens with one attached hydrogen (secondary N) is 1. The van der Waals surface area contributed by atoms with Crippen molar-refractivity contribution < 1.29 is 14.7 Å². The molecule has 0 aliphatic heterocycles. The molecule has 6 nitrogen and oxygen atoms in total. The minimum Gasteiger partial charge on any atom is -0.478 e. The van der Waals surface area contributed by atoms with Gasteiger partial charge in [0.05, 0.1) is 11.3 Å². The van der Waals surface area contributed by atoms with E-state index >= 15 is 0 Å². The Labute approximate surface area is 117 Å². The standard InChI is InChI=1S/C12H10BrN3O3/c13-9-4-1-3-8(12(18)19)11(9)15-10(17)7-16-6-2-5-14-16/h1-6H,7H2,(H,15,17)(H,18,19). The molecule has 1 heterocycles. The Morgan fingerprint density at radius 2 is 2.16 bits per heavy atom. The fourth-order valence-corrected chi connectivity index (χ4v) is 2.01. The van der Waals surface area contributed by atoms with E-state index in [-0.39, 0.29) is 23.7 Å². The highest BCUT2D eigenvalue weighted by molar-refractivity contribution is 9.10. The summed E-state index contributed by atoms with van der Waals surface area (Å²) in [5, 5.41) is 15.5. The SMILES string of the molecule is O=C(Cn1cccn1)Nc1c(Br)cccc1C(=O)O. The monoisotopic (exact) mass is 323 g/mol. The van der Waals surface area contributed by atoms with E-state index in [2.05, 4.69) is 26.3 Å². The van der Waals surface area contributed by atoms with Crippen molar-refractivity contribution in [2.24, 2.45) is 0 Å². The first-order chi connectivity index (χ1) is 9.08. The number of carbonyl (C=O) groups is 2. The van der Waals surface area contributed by atoms with Crippen molar-refractivity contribution in [2.45, 2.75) is 6.54 Å². The summed E-state index contributed by atoms with van der Waals surface area (Å²) in [5.74, 6) is -1.45. The van der Waals surface area contributed by atoms with E-state index in [9.17, 15) is 9.59 Å². The number of amides is 1. The number of carboxylic acid groups (broad SMARTS) is 1. The van der Waals surface area contributed by atoms with Gasteiger partial charge in [0.1, 0.15) is 6.54 Å². The lowest BCUT2D eigenvalue weighted by Gasteiger charge is -2.10. The van der Waals surface area contributed by atoms with Gasteiger partial charge in [0.15, 0.2) is 0 Å². The third-order valence-electron chi connectivity index (χ3n) is 2.37. The first kappa shape index (κ1) is 13.3. The van der Waals surface area contributed by atoms with Crippen LogP contribution < -0.4 is 5.32 Å². The molecule has 0 radical (unpaired) electrons. The van der Waals surface area contributed by atoms with Gasteiger partial charge in [0.25, 0.3) is 0 Å². The Balaban J connectivity index is 2.19. The molecule has 1 aromatic carbocycles. The lowest BCUT2D eigenvalue weighted by atomic mass is 10.2. The molecule has 1 aromatic heterocycles. The fourth-order valence-electron chi connectivity index (χ4n) is 1.55. The van der Waals surface area contributed by atoms with Crippen molar-refractivity contribution in [1.82, 2.24) is 9.78 Å². The molecule has 1 amide bonds. The smallest absolute Gasteiger partial charge is 0.337 e. The van der Waals surface area contributed by atoms with Crippen LogP contribution in [-0.2, 0) is 11.3 Å². The summed E-state index contributed by atoms with van der Waals surface area (Å²) in [5.41, 5.74) is 0.273. The third kappa shape index (κ3) is 3.19. The molecule has 98 valence electrons. The summed E-state index contributed by atoms with van der Waals surface area (Å²) in [6.45, 7) is 0.0212. The van der Waals surface area contributed by atoms with Crippen LogP contribution >= 0.6 is 15.9 Å². The second-order valence-electron chi connectivity index (χ2n) is 3.72. The largest absolute Gasteiger partial charge is 0.478 e. The minimum atomic E-state index is -1.10. The molecule has 19 heavy (non-hydrogen) atoms. The molecule has 0 saturated heterocycles. The van der Waals surface area contributed by atoms with Gasteiger partial charge in [-0.15, -0.1) is 0 Å². The summed E-state index contributed by atoms with van der Waals surface area (Å²) in [6, 6.07) is 6.39. The van der Waals surface area contributed by atoms with Gasteiger partial charge in [-0.05, 0) is 34.1 Å². The highest BCUT2D eigenvalue weighted by Crippen LogP contribution is 2.26. The number of para-hydroxylation sites is 1. The van der Waals surface area contributed by atoms with Crippen LogP contribution in [-0.4, -0.2) is 26.8 Å². The number of hydrogen-bond donors (Lipinski definition) is 2. The van der Waals surface area contributed by atoms with Crippen LogP contribution in [0.3, 0.4) is 0 Å². The van der Waals surface area contributed by atoms with Crippen molar-refractivity contribution >= 4 is 33.5 Å². The molecule has 7 heteroatoms. The highest BCUT2D eigenvalue weighted by Gasteiger charge is 2.15. The van der Waals surface area contributed by atoms with Gasteiger partial charge in [0, 0.05) is 16.9 Å². The maximum atomic E-state index is 11.8. The molecule has 2 aromatic rings. The van der Waals surface area contributed by atoms with Crippen LogP contribution in [0.2, 0.25) is 0 Å². The van der Waals surface area contributed by atoms with Crippen LogP contribution in [0, 0.1) is 0 Å². The average Bonchev–Trinajstić information content (AvgIpc) is 2.84. The van der Waals surface area contributed by atoms with Gasteiger partial charge in [-0.1, -0.05) is 6.07 Å². The molecular weight excluding hydrogens is 314 g/mol. The zero-order valence-electron chi connectivity index (χ0n) is 9.71. The predicted molar refractivity (Wildman–Crippen MR) is 72.0 cm³/mol. The second kappa shape index (κ2) is 5.66. The fraction of sp³-hybridized carbons (Fsp3) is 0.0833. The van der Waals surface area contributed by atoms with Crippen molar-refractivity contribution in [3.05, 3.63) is 46.7 Å². The van der Waals surface area contributed by atoms with E-state index in [4.69, 9.17) is 5.11 Å². The van der Waals surface area contributed by atoms with Gasteiger partial charge in [-0.2, -0.15) is 5.10 Å². The third-order valence-corrected chi connectivity index (χ3v) is 3.03. The molecule has 0 unspecified atom stereocenters. The van der Waals surface area contributed by atoms with Gasteiger partial charge in [0.2, 0.25) is 5.91 Å². The number of aromatic nitrogens is 2. The van der Waals surface area contributed by atoms with Crippen LogP contribution in [0.4, 0.5) is 5.69 Å². The molecule has 2 N–H and O–H groups in total. The number of hydrogen-bond acceptors (Lipinski definition) is 3. The summed E-state index contributed by atoms with van der Waals surface area (Å²) < 4.78 is 1.97. The maximum absolute atomic E-state index is 11.8. The average molecular weight is 324 g/mol. The number of halogens is 1. The lowest BCUT2D eigenvalue weighted by molar-refractivity contribution is -0.116. The molecule has 0 aliphatic rings. The number of rotatable bonds is 4. The maximum Gasteiger partial charge on any atom is 0.337 e. The number of aromatic carboxylic acids is 1. The Morgan fingerprint density at radius 3 is 2.79 bits per heavy atom. The first-order valence-corrected chi connectivity index (χ1v) is 6.16. The highest BCUT2D eigenvalue weighted by atomic mass is 79.9. The zero-order chi connectivity index (χ0) is 13.8. The Bertz CT molecular complexity index is 611. The Hall–Kier alpha value is -2.15.